The predicted octanol–water partition coefficient (Wildman–Crippen LogP) is 3.24. The lowest BCUT2D eigenvalue weighted by Gasteiger charge is -2.20. The highest BCUT2D eigenvalue weighted by atomic mass is 15.2. The van der Waals surface area contributed by atoms with Crippen molar-refractivity contribution >= 4 is 11.5 Å². The van der Waals surface area contributed by atoms with E-state index in [2.05, 4.69) is 29.9 Å². The fourth-order valence-electron chi connectivity index (χ4n) is 1.84. The third kappa shape index (κ3) is 2.71. The largest absolute Gasteiger partial charge is 0.328 e. The molecule has 0 aliphatic carbocycles. The number of rotatable bonds is 3. The second kappa shape index (κ2) is 5.49. The van der Waals surface area contributed by atoms with E-state index in [0.29, 0.717) is 11.5 Å². The van der Waals surface area contributed by atoms with E-state index in [0.717, 1.165) is 17.2 Å². The molecule has 0 saturated carbocycles. The highest BCUT2D eigenvalue weighted by Gasteiger charge is 2.11. The van der Waals surface area contributed by atoms with E-state index in [9.17, 15) is 0 Å². The highest BCUT2D eigenvalue weighted by Crippen LogP contribution is 2.26. The minimum absolute atomic E-state index is 0.348. The number of hydrogen-bond donors (Lipinski definition) is 0. The molecule has 0 N–H and O–H groups in total. The van der Waals surface area contributed by atoms with Crippen molar-refractivity contribution in [2.45, 2.75) is 19.8 Å². The molecule has 0 aliphatic heterocycles. The molecule has 0 saturated heterocycles. The molecule has 1 aromatic heterocycles. The van der Waals surface area contributed by atoms with Crippen LogP contribution in [0.2, 0.25) is 0 Å². The van der Waals surface area contributed by atoms with Crippen molar-refractivity contribution in [2.24, 2.45) is 0 Å². The van der Waals surface area contributed by atoms with Crippen LogP contribution in [0.3, 0.4) is 0 Å². The number of anilines is 2. The van der Waals surface area contributed by atoms with Gasteiger partial charge >= 0.3 is 0 Å². The van der Waals surface area contributed by atoms with Crippen LogP contribution in [-0.4, -0.2) is 17.0 Å². The van der Waals surface area contributed by atoms with Gasteiger partial charge in [0.1, 0.15) is 18.2 Å². The van der Waals surface area contributed by atoms with Crippen molar-refractivity contribution < 1.29 is 0 Å². The van der Waals surface area contributed by atoms with Gasteiger partial charge in [-0.2, -0.15) is 5.26 Å². The molecule has 4 nitrogen and oxygen atoms in total. The van der Waals surface area contributed by atoms with Crippen molar-refractivity contribution in [1.29, 1.82) is 5.26 Å². The van der Waals surface area contributed by atoms with Crippen LogP contribution in [0.15, 0.2) is 36.7 Å². The Kier molecular flexibility index (Phi) is 3.76. The van der Waals surface area contributed by atoms with E-state index in [4.69, 9.17) is 5.26 Å². The van der Waals surface area contributed by atoms with Crippen molar-refractivity contribution in [3.05, 3.63) is 47.9 Å². The minimum Gasteiger partial charge on any atom is -0.328 e. The summed E-state index contributed by atoms with van der Waals surface area (Å²) in [5.41, 5.74) is 2.47. The van der Waals surface area contributed by atoms with Crippen LogP contribution >= 0.6 is 0 Å². The maximum Gasteiger partial charge on any atom is 0.136 e. The molecule has 96 valence electrons. The predicted molar refractivity (Wildman–Crippen MR) is 75.3 cm³/mol. The maximum atomic E-state index is 9.15. The third-order valence-corrected chi connectivity index (χ3v) is 2.99. The smallest absolute Gasteiger partial charge is 0.136 e. The molecular weight excluding hydrogens is 236 g/mol. The lowest BCUT2D eigenvalue weighted by Crippen LogP contribution is -2.13. The third-order valence-electron chi connectivity index (χ3n) is 2.99. The summed E-state index contributed by atoms with van der Waals surface area (Å²) in [6.45, 7) is 4.19. The molecule has 2 rings (SSSR count). The molecule has 0 fully saturated rings. The zero-order valence-corrected chi connectivity index (χ0v) is 11.3. The Labute approximate surface area is 113 Å². The zero-order valence-electron chi connectivity index (χ0n) is 11.3. The summed E-state index contributed by atoms with van der Waals surface area (Å²) in [7, 11) is 1.91. The molecule has 0 radical (unpaired) electrons. The van der Waals surface area contributed by atoms with E-state index in [1.165, 1.54) is 0 Å². The summed E-state index contributed by atoms with van der Waals surface area (Å²) in [5.74, 6) is 1.14. The quantitative estimate of drug-likeness (QED) is 0.841. The second-order valence-electron chi connectivity index (χ2n) is 4.64. The van der Waals surface area contributed by atoms with Gasteiger partial charge in [0, 0.05) is 18.8 Å². The lowest BCUT2D eigenvalue weighted by molar-refractivity contribution is 0.812. The topological polar surface area (TPSA) is 52.8 Å². The minimum atomic E-state index is 0.348. The fraction of sp³-hybridized carbons (Fsp3) is 0.267. The van der Waals surface area contributed by atoms with Gasteiger partial charge in [-0.15, -0.1) is 0 Å². The van der Waals surface area contributed by atoms with Gasteiger partial charge in [-0.1, -0.05) is 26.0 Å². The summed E-state index contributed by atoms with van der Waals surface area (Å²) in [6, 6.07) is 11.6. The zero-order chi connectivity index (χ0) is 13.8. The normalized spacial score (nSPS) is 10.3. The molecule has 1 heterocycles. The van der Waals surface area contributed by atoms with Gasteiger partial charge in [0.05, 0.1) is 11.3 Å². The first-order valence-electron chi connectivity index (χ1n) is 6.18. The first kappa shape index (κ1) is 13.0. The van der Waals surface area contributed by atoms with Crippen LogP contribution in [-0.2, 0) is 0 Å². The Hall–Kier alpha value is -2.41. The van der Waals surface area contributed by atoms with Gasteiger partial charge in [-0.05, 0) is 18.1 Å². The van der Waals surface area contributed by atoms with Gasteiger partial charge in [0.25, 0.3) is 0 Å². The molecule has 4 heteroatoms. The number of benzene rings is 1. The lowest BCUT2D eigenvalue weighted by atomic mass is 10.1. The average Bonchev–Trinajstić information content (AvgIpc) is 2.46. The van der Waals surface area contributed by atoms with E-state index < -0.39 is 0 Å². The van der Waals surface area contributed by atoms with Crippen LogP contribution in [0.5, 0.6) is 0 Å². The van der Waals surface area contributed by atoms with Gasteiger partial charge in [-0.25, -0.2) is 9.97 Å². The molecule has 0 spiro atoms. The highest BCUT2D eigenvalue weighted by molar-refractivity contribution is 5.66. The molecule has 0 amide bonds. The van der Waals surface area contributed by atoms with Crippen LogP contribution in [0.25, 0.3) is 0 Å². The van der Waals surface area contributed by atoms with E-state index >= 15 is 0 Å². The maximum absolute atomic E-state index is 9.15. The number of para-hydroxylation sites is 1. The first-order chi connectivity index (χ1) is 9.13. The van der Waals surface area contributed by atoms with Crippen molar-refractivity contribution in [3.63, 3.8) is 0 Å². The Balaban J connectivity index is 2.42. The van der Waals surface area contributed by atoms with Gasteiger partial charge in [0.15, 0.2) is 0 Å². The molecular formula is C15H16N4. The number of nitrogens with zero attached hydrogens (tertiary/aromatic N) is 4. The Morgan fingerprint density at radius 1 is 1.21 bits per heavy atom. The standard InChI is InChI=1S/C15H16N4/c1-11(2)13-8-15(18-10-17-13)19(3)14-7-5-4-6-12(14)9-16/h4-8,10-11H,1-3H3. The molecule has 0 aliphatic rings. The molecule has 0 atom stereocenters. The second-order valence-corrected chi connectivity index (χ2v) is 4.64. The van der Waals surface area contributed by atoms with Crippen LogP contribution in [0, 0.1) is 11.3 Å². The number of nitriles is 1. The van der Waals surface area contributed by atoms with Gasteiger partial charge in [0.2, 0.25) is 0 Å². The summed E-state index contributed by atoms with van der Waals surface area (Å²) >= 11 is 0. The number of hydrogen-bond acceptors (Lipinski definition) is 4. The number of aromatic nitrogens is 2. The van der Waals surface area contributed by atoms with E-state index in [-0.39, 0.29) is 0 Å². The Morgan fingerprint density at radius 2 is 1.95 bits per heavy atom. The van der Waals surface area contributed by atoms with Gasteiger partial charge < -0.3 is 4.90 Å². The molecule has 0 unspecified atom stereocenters. The van der Waals surface area contributed by atoms with Crippen molar-refractivity contribution in [2.75, 3.05) is 11.9 Å². The van der Waals surface area contributed by atoms with Crippen molar-refractivity contribution in [3.8, 4) is 6.07 Å². The monoisotopic (exact) mass is 252 g/mol. The van der Waals surface area contributed by atoms with Crippen molar-refractivity contribution in [1.82, 2.24) is 9.97 Å². The summed E-state index contributed by atoms with van der Waals surface area (Å²) in [6.07, 6.45) is 1.57. The Morgan fingerprint density at radius 3 is 2.63 bits per heavy atom. The molecule has 2 aromatic rings. The average molecular weight is 252 g/mol. The van der Waals surface area contributed by atoms with Crippen LogP contribution in [0.4, 0.5) is 11.5 Å². The van der Waals surface area contributed by atoms with Crippen LogP contribution < -0.4 is 4.90 Å². The van der Waals surface area contributed by atoms with E-state index in [1.54, 1.807) is 12.4 Å². The summed E-state index contributed by atoms with van der Waals surface area (Å²) in [4.78, 5) is 10.4. The van der Waals surface area contributed by atoms with Crippen LogP contribution in [0.1, 0.15) is 31.0 Å². The fourth-order valence-corrected chi connectivity index (χ4v) is 1.84. The molecule has 1 aromatic carbocycles. The Bertz CT molecular complexity index is 614. The first-order valence-corrected chi connectivity index (χ1v) is 6.18. The summed E-state index contributed by atoms with van der Waals surface area (Å²) < 4.78 is 0. The molecule has 0 bridgehead atoms. The van der Waals surface area contributed by atoms with Gasteiger partial charge in [-0.3, -0.25) is 0 Å². The summed E-state index contributed by atoms with van der Waals surface area (Å²) in [5, 5.41) is 9.15. The SMILES string of the molecule is CC(C)c1cc(N(C)c2ccccc2C#N)ncn1. The molecule has 19 heavy (non-hydrogen) atoms. The van der Waals surface area contributed by atoms with E-state index in [1.807, 2.05) is 36.2 Å².